The number of hydrogen-bond acceptors (Lipinski definition) is 5. The van der Waals surface area contributed by atoms with E-state index >= 15 is 0 Å². The van der Waals surface area contributed by atoms with Gasteiger partial charge in [0, 0.05) is 6.07 Å². The standard InChI is InChI=1S/C9H9NO4S/c1-7(14-6-11)15-9-5-3-2-4-8(9)10(12)13/h2-7H,1H3. The van der Waals surface area contributed by atoms with Gasteiger partial charge in [-0.05, 0) is 13.0 Å². The SMILES string of the molecule is CC(OC=O)Sc1ccccc1[N+](=O)[O-]. The van der Waals surface area contributed by atoms with Crippen molar-refractivity contribution in [1.82, 2.24) is 0 Å². The fourth-order valence-corrected chi connectivity index (χ4v) is 1.87. The molecule has 15 heavy (non-hydrogen) atoms. The Balaban J connectivity index is 2.84. The first-order chi connectivity index (χ1) is 7.15. The first kappa shape index (κ1) is 11.5. The van der Waals surface area contributed by atoms with E-state index < -0.39 is 10.4 Å². The third kappa shape index (κ3) is 3.25. The average Bonchev–Trinajstić information content (AvgIpc) is 2.18. The zero-order valence-corrected chi connectivity index (χ0v) is 8.77. The Bertz CT molecular complexity index is 369. The zero-order chi connectivity index (χ0) is 11.3. The minimum absolute atomic E-state index is 0.0175. The monoisotopic (exact) mass is 227 g/mol. The largest absolute Gasteiger partial charge is 0.453 e. The lowest BCUT2D eigenvalue weighted by Gasteiger charge is -2.08. The number of thioether (sulfide) groups is 1. The van der Waals surface area contributed by atoms with Crippen LogP contribution < -0.4 is 0 Å². The first-order valence-electron chi connectivity index (χ1n) is 4.14. The molecular formula is C9H9NO4S. The number of rotatable bonds is 5. The maximum Gasteiger partial charge on any atom is 0.294 e. The molecule has 0 N–H and O–H groups in total. The van der Waals surface area contributed by atoms with Crippen LogP contribution in [0.25, 0.3) is 0 Å². The summed E-state index contributed by atoms with van der Waals surface area (Å²) >= 11 is 1.13. The molecule has 0 heterocycles. The molecule has 0 aliphatic rings. The number of carbonyl (C=O) groups excluding carboxylic acids is 1. The molecule has 5 nitrogen and oxygen atoms in total. The molecule has 0 radical (unpaired) electrons. The van der Waals surface area contributed by atoms with Crippen LogP contribution in [0.2, 0.25) is 0 Å². The van der Waals surface area contributed by atoms with E-state index in [4.69, 9.17) is 0 Å². The van der Waals surface area contributed by atoms with Gasteiger partial charge in [0.2, 0.25) is 0 Å². The van der Waals surface area contributed by atoms with Gasteiger partial charge in [0.05, 0.1) is 9.82 Å². The molecule has 1 aromatic carbocycles. The minimum atomic E-state index is -0.462. The fourth-order valence-electron chi connectivity index (χ4n) is 0.992. The summed E-state index contributed by atoms with van der Waals surface area (Å²) in [6, 6.07) is 6.32. The van der Waals surface area contributed by atoms with E-state index in [2.05, 4.69) is 4.74 Å². The van der Waals surface area contributed by atoms with Crippen LogP contribution in [0.4, 0.5) is 5.69 Å². The summed E-state index contributed by atoms with van der Waals surface area (Å²) in [7, 11) is 0. The lowest BCUT2D eigenvalue weighted by Crippen LogP contribution is -2.01. The van der Waals surface area contributed by atoms with Crippen molar-refractivity contribution in [3.8, 4) is 0 Å². The number of ether oxygens (including phenoxy) is 1. The topological polar surface area (TPSA) is 69.4 Å². The molecule has 6 heteroatoms. The van der Waals surface area contributed by atoms with E-state index in [1.54, 1.807) is 25.1 Å². The van der Waals surface area contributed by atoms with E-state index in [-0.39, 0.29) is 5.69 Å². The highest BCUT2D eigenvalue weighted by Crippen LogP contribution is 2.31. The minimum Gasteiger partial charge on any atom is -0.453 e. The Hall–Kier alpha value is -1.56. The number of hydrogen-bond donors (Lipinski definition) is 0. The van der Waals surface area contributed by atoms with Gasteiger partial charge in [0.15, 0.2) is 0 Å². The van der Waals surface area contributed by atoms with E-state index in [1.165, 1.54) is 6.07 Å². The summed E-state index contributed by atoms with van der Waals surface area (Å²) in [6.45, 7) is 1.97. The van der Waals surface area contributed by atoms with Gasteiger partial charge in [-0.3, -0.25) is 14.9 Å². The number of benzene rings is 1. The van der Waals surface area contributed by atoms with Crippen LogP contribution in [0.1, 0.15) is 6.92 Å². The number of nitro groups is 1. The quantitative estimate of drug-likeness (QED) is 0.253. The number of carbonyl (C=O) groups is 1. The molecule has 0 spiro atoms. The second kappa shape index (κ2) is 5.35. The van der Waals surface area contributed by atoms with Crippen molar-refractivity contribution < 1.29 is 14.5 Å². The Morgan fingerprint density at radius 1 is 1.53 bits per heavy atom. The molecule has 0 bridgehead atoms. The van der Waals surface area contributed by atoms with Crippen molar-refractivity contribution in [1.29, 1.82) is 0 Å². The van der Waals surface area contributed by atoms with E-state index in [9.17, 15) is 14.9 Å². The third-order valence-corrected chi connectivity index (χ3v) is 2.64. The molecule has 80 valence electrons. The van der Waals surface area contributed by atoms with Crippen LogP contribution in [0, 0.1) is 10.1 Å². The Kier molecular flexibility index (Phi) is 4.11. The predicted octanol–water partition coefficient (Wildman–Crippen LogP) is 2.21. The van der Waals surface area contributed by atoms with Crippen molar-refractivity contribution >= 4 is 23.9 Å². The highest BCUT2D eigenvalue weighted by molar-refractivity contribution is 7.99. The second-order valence-electron chi connectivity index (χ2n) is 2.64. The average molecular weight is 227 g/mol. The van der Waals surface area contributed by atoms with Gasteiger partial charge in [-0.1, -0.05) is 23.9 Å². The van der Waals surface area contributed by atoms with E-state index in [0.29, 0.717) is 11.4 Å². The van der Waals surface area contributed by atoms with Crippen LogP contribution in [0.5, 0.6) is 0 Å². The van der Waals surface area contributed by atoms with Crippen LogP contribution in [-0.2, 0) is 9.53 Å². The molecular weight excluding hydrogens is 218 g/mol. The third-order valence-electron chi connectivity index (χ3n) is 1.60. The highest BCUT2D eigenvalue weighted by Gasteiger charge is 2.15. The maximum atomic E-state index is 10.6. The van der Waals surface area contributed by atoms with Gasteiger partial charge in [-0.15, -0.1) is 0 Å². The summed E-state index contributed by atoms with van der Waals surface area (Å²) < 4.78 is 4.64. The Morgan fingerprint density at radius 2 is 2.20 bits per heavy atom. The molecule has 0 aliphatic heterocycles. The zero-order valence-electron chi connectivity index (χ0n) is 7.95. The molecule has 0 saturated heterocycles. The van der Waals surface area contributed by atoms with Crippen molar-refractivity contribution in [2.45, 2.75) is 17.3 Å². The molecule has 1 aromatic rings. The number of para-hydroxylation sites is 1. The Morgan fingerprint density at radius 3 is 2.80 bits per heavy atom. The van der Waals surface area contributed by atoms with Crippen LogP contribution >= 0.6 is 11.8 Å². The van der Waals surface area contributed by atoms with Crippen molar-refractivity contribution in [3.63, 3.8) is 0 Å². The van der Waals surface area contributed by atoms with E-state index in [0.717, 1.165) is 11.8 Å². The molecule has 0 fully saturated rings. The number of nitro benzene ring substituents is 1. The summed E-state index contributed by atoms with van der Waals surface area (Å²) in [5.41, 5.74) is -0.424. The summed E-state index contributed by atoms with van der Waals surface area (Å²) in [6.07, 6.45) is 0. The van der Waals surface area contributed by atoms with Crippen LogP contribution in [-0.4, -0.2) is 16.8 Å². The predicted molar refractivity (Wildman–Crippen MR) is 55.6 cm³/mol. The normalized spacial score (nSPS) is 11.8. The smallest absolute Gasteiger partial charge is 0.294 e. The maximum absolute atomic E-state index is 10.6. The summed E-state index contributed by atoms with van der Waals surface area (Å²) in [5, 5.41) is 10.6. The lowest BCUT2D eigenvalue weighted by molar-refractivity contribution is -0.387. The molecule has 0 aliphatic carbocycles. The van der Waals surface area contributed by atoms with Gasteiger partial charge < -0.3 is 4.74 Å². The first-order valence-corrected chi connectivity index (χ1v) is 5.02. The van der Waals surface area contributed by atoms with Crippen LogP contribution in [0.3, 0.4) is 0 Å². The molecule has 0 aromatic heterocycles. The van der Waals surface area contributed by atoms with Crippen molar-refractivity contribution in [2.24, 2.45) is 0 Å². The lowest BCUT2D eigenvalue weighted by atomic mass is 10.3. The fraction of sp³-hybridized carbons (Fsp3) is 0.222. The molecule has 0 saturated carbocycles. The van der Waals surface area contributed by atoms with Gasteiger partial charge in [0.25, 0.3) is 12.2 Å². The highest BCUT2D eigenvalue weighted by atomic mass is 32.2. The van der Waals surface area contributed by atoms with Gasteiger partial charge in [-0.2, -0.15) is 0 Å². The molecule has 1 rings (SSSR count). The molecule has 1 unspecified atom stereocenters. The van der Waals surface area contributed by atoms with Gasteiger partial charge in [-0.25, -0.2) is 0 Å². The number of nitrogens with zero attached hydrogens (tertiary/aromatic N) is 1. The second-order valence-corrected chi connectivity index (χ2v) is 3.98. The molecule has 1 atom stereocenters. The van der Waals surface area contributed by atoms with Crippen molar-refractivity contribution in [3.05, 3.63) is 34.4 Å². The summed E-state index contributed by atoms with van der Waals surface area (Å²) in [4.78, 5) is 20.7. The summed E-state index contributed by atoms with van der Waals surface area (Å²) in [5.74, 6) is 0. The van der Waals surface area contributed by atoms with Crippen molar-refractivity contribution in [2.75, 3.05) is 0 Å². The van der Waals surface area contributed by atoms with Gasteiger partial charge >= 0.3 is 0 Å². The van der Waals surface area contributed by atoms with Crippen LogP contribution in [0.15, 0.2) is 29.2 Å². The van der Waals surface area contributed by atoms with Gasteiger partial charge in [0.1, 0.15) is 5.44 Å². The Labute approximate surface area is 90.6 Å². The molecule has 0 amide bonds. The van der Waals surface area contributed by atoms with E-state index in [1.807, 2.05) is 0 Å².